The summed E-state index contributed by atoms with van der Waals surface area (Å²) in [6.07, 6.45) is 5.24. The van der Waals surface area contributed by atoms with Crippen LogP contribution in [-0.2, 0) is 6.54 Å². The highest BCUT2D eigenvalue weighted by atomic mass is 16.3. The van der Waals surface area contributed by atoms with Gasteiger partial charge in [-0.2, -0.15) is 0 Å². The Morgan fingerprint density at radius 2 is 2.00 bits per heavy atom. The maximum atomic E-state index is 5.90. The molecule has 0 aromatic carbocycles. The van der Waals surface area contributed by atoms with E-state index in [2.05, 4.69) is 30.9 Å². The van der Waals surface area contributed by atoms with Gasteiger partial charge in [0.2, 0.25) is 0 Å². The Balaban J connectivity index is 1.91. The molecule has 1 aromatic heterocycles. The van der Waals surface area contributed by atoms with Crippen LogP contribution >= 0.6 is 0 Å². The van der Waals surface area contributed by atoms with E-state index in [0.717, 1.165) is 24.5 Å². The van der Waals surface area contributed by atoms with Gasteiger partial charge in [0, 0.05) is 5.92 Å². The maximum absolute atomic E-state index is 5.90. The van der Waals surface area contributed by atoms with Gasteiger partial charge in [-0.3, -0.25) is 4.90 Å². The number of furan rings is 1. The molecule has 90 valence electrons. The second-order valence-electron chi connectivity index (χ2n) is 4.95. The Bertz CT molecular complexity index is 312. The van der Waals surface area contributed by atoms with Crippen LogP contribution < -0.4 is 0 Å². The third-order valence-electron chi connectivity index (χ3n) is 3.61. The van der Waals surface area contributed by atoms with Gasteiger partial charge in [-0.25, -0.2) is 0 Å². The van der Waals surface area contributed by atoms with Crippen LogP contribution in [0.25, 0.3) is 0 Å². The van der Waals surface area contributed by atoms with E-state index >= 15 is 0 Å². The normalized spacial score (nSPS) is 19.9. The average Bonchev–Trinajstić information content (AvgIpc) is 2.78. The Hall–Kier alpha value is -0.760. The summed E-state index contributed by atoms with van der Waals surface area (Å²) in [4.78, 5) is 2.50. The van der Waals surface area contributed by atoms with Crippen molar-refractivity contribution in [1.82, 2.24) is 4.90 Å². The minimum absolute atomic E-state index is 0.551. The highest BCUT2D eigenvalue weighted by Gasteiger charge is 2.13. The van der Waals surface area contributed by atoms with Crippen LogP contribution in [0, 0.1) is 0 Å². The molecule has 2 heteroatoms. The van der Waals surface area contributed by atoms with E-state index in [9.17, 15) is 0 Å². The van der Waals surface area contributed by atoms with Crippen LogP contribution in [0.15, 0.2) is 16.5 Å². The summed E-state index contributed by atoms with van der Waals surface area (Å²) < 4.78 is 5.90. The van der Waals surface area contributed by atoms with Gasteiger partial charge in [-0.15, -0.1) is 0 Å². The number of hydrogen-bond donors (Lipinski definition) is 0. The van der Waals surface area contributed by atoms with E-state index < -0.39 is 0 Å². The number of likely N-dealkylation sites (tertiary alicyclic amines) is 1. The minimum atomic E-state index is 0.551. The van der Waals surface area contributed by atoms with Crippen LogP contribution in [0.2, 0.25) is 0 Å². The summed E-state index contributed by atoms with van der Waals surface area (Å²) >= 11 is 0. The lowest BCUT2D eigenvalue weighted by Gasteiger charge is -2.25. The van der Waals surface area contributed by atoms with Crippen molar-refractivity contribution in [3.05, 3.63) is 23.7 Å². The lowest BCUT2D eigenvalue weighted by atomic mass is 10.1. The molecule has 1 aromatic rings. The third kappa shape index (κ3) is 2.88. The van der Waals surface area contributed by atoms with Crippen molar-refractivity contribution in [2.45, 2.75) is 52.0 Å². The average molecular weight is 221 g/mol. The summed E-state index contributed by atoms with van der Waals surface area (Å²) in [5.41, 5.74) is 0. The van der Waals surface area contributed by atoms with Gasteiger partial charge in [0.1, 0.15) is 11.5 Å². The first kappa shape index (κ1) is 11.7. The van der Waals surface area contributed by atoms with Gasteiger partial charge < -0.3 is 4.42 Å². The largest absolute Gasteiger partial charge is 0.464 e. The van der Waals surface area contributed by atoms with Gasteiger partial charge in [-0.05, 0) is 44.5 Å². The fourth-order valence-electron chi connectivity index (χ4n) is 2.28. The number of nitrogens with zero attached hydrogens (tertiary/aromatic N) is 1. The highest BCUT2D eigenvalue weighted by molar-refractivity contribution is 5.10. The van der Waals surface area contributed by atoms with Crippen molar-refractivity contribution in [2.24, 2.45) is 0 Å². The fraction of sp³-hybridized carbons (Fsp3) is 0.714. The van der Waals surface area contributed by atoms with E-state index in [1.807, 2.05) is 0 Å². The highest BCUT2D eigenvalue weighted by Crippen LogP contribution is 2.22. The Morgan fingerprint density at radius 1 is 1.25 bits per heavy atom. The number of rotatable bonds is 4. The molecule has 0 aliphatic carbocycles. The summed E-state index contributed by atoms with van der Waals surface area (Å²) in [6.45, 7) is 7.90. The van der Waals surface area contributed by atoms with Gasteiger partial charge in [0.15, 0.2) is 0 Å². The number of hydrogen-bond acceptors (Lipinski definition) is 2. The predicted octanol–water partition coefficient (Wildman–Crippen LogP) is 3.78. The Kier molecular flexibility index (Phi) is 4.05. The summed E-state index contributed by atoms with van der Waals surface area (Å²) in [5.74, 6) is 2.84. The van der Waals surface area contributed by atoms with Crippen molar-refractivity contribution in [2.75, 3.05) is 13.1 Å². The smallest absolute Gasteiger partial charge is 0.118 e. The lowest BCUT2D eigenvalue weighted by Crippen LogP contribution is -2.28. The van der Waals surface area contributed by atoms with E-state index in [1.165, 1.54) is 32.4 Å². The minimum Gasteiger partial charge on any atom is -0.464 e. The molecule has 0 N–H and O–H groups in total. The zero-order chi connectivity index (χ0) is 11.4. The molecule has 1 unspecified atom stereocenters. The first-order valence-electron chi connectivity index (χ1n) is 6.60. The molecular formula is C14H23NO. The predicted molar refractivity (Wildman–Crippen MR) is 66.5 cm³/mol. The van der Waals surface area contributed by atoms with Crippen molar-refractivity contribution in [1.29, 1.82) is 0 Å². The van der Waals surface area contributed by atoms with Crippen LogP contribution in [0.4, 0.5) is 0 Å². The first-order valence-corrected chi connectivity index (χ1v) is 6.60. The number of piperidine rings is 1. The monoisotopic (exact) mass is 221 g/mol. The van der Waals surface area contributed by atoms with Gasteiger partial charge in [-0.1, -0.05) is 20.3 Å². The molecule has 16 heavy (non-hydrogen) atoms. The molecular weight excluding hydrogens is 198 g/mol. The standard InChI is InChI=1S/C14H23NO/c1-3-12(2)14-8-7-13(16-14)11-15-9-5-4-6-10-15/h7-8,12H,3-6,9-11H2,1-2H3. The van der Waals surface area contributed by atoms with Gasteiger partial charge in [0.05, 0.1) is 6.54 Å². The molecule has 0 spiro atoms. The Morgan fingerprint density at radius 3 is 2.69 bits per heavy atom. The van der Waals surface area contributed by atoms with Crippen molar-refractivity contribution >= 4 is 0 Å². The summed E-state index contributed by atoms with van der Waals surface area (Å²) in [7, 11) is 0. The molecule has 1 saturated heterocycles. The third-order valence-corrected chi connectivity index (χ3v) is 3.61. The second-order valence-corrected chi connectivity index (χ2v) is 4.95. The molecule has 1 atom stereocenters. The van der Waals surface area contributed by atoms with Crippen LogP contribution in [0.3, 0.4) is 0 Å². The SMILES string of the molecule is CCC(C)c1ccc(CN2CCCCC2)o1. The van der Waals surface area contributed by atoms with Crippen molar-refractivity contribution in [3.8, 4) is 0 Å². The second kappa shape index (κ2) is 5.53. The van der Waals surface area contributed by atoms with Crippen LogP contribution in [0.5, 0.6) is 0 Å². The van der Waals surface area contributed by atoms with E-state index in [-0.39, 0.29) is 0 Å². The molecule has 0 saturated carbocycles. The molecule has 1 aliphatic heterocycles. The molecule has 1 aliphatic rings. The van der Waals surface area contributed by atoms with E-state index in [1.54, 1.807) is 0 Å². The molecule has 2 rings (SSSR count). The van der Waals surface area contributed by atoms with E-state index in [4.69, 9.17) is 4.42 Å². The van der Waals surface area contributed by atoms with Gasteiger partial charge in [0.25, 0.3) is 0 Å². The van der Waals surface area contributed by atoms with Gasteiger partial charge >= 0.3 is 0 Å². The first-order chi connectivity index (χ1) is 7.79. The molecule has 1 fully saturated rings. The maximum Gasteiger partial charge on any atom is 0.118 e. The van der Waals surface area contributed by atoms with E-state index in [0.29, 0.717) is 5.92 Å². The van der Waals surface area contributed by atoms with Crippen LogP contribution in [-0.4, -0.2) is 18.0 Å². The van der Waals surface area contributed by atoms with Crippen LogP contribution in [0.1, 0.15) is 57.0 Å². The quantitative estimate of drug-likeness (QED) is 0.769. The summed E-state index contributed by atoms with van der Waals surface area (Å²) in [5, 5.41) is 0. The van der Waals surface area contributed by atoms with Crippen molar-refractivity contribution < 1.29 is 4.42 Å². The molecule has 2 nitrogen and oxygen atoms in total. The molecule has 0 bridgehead atoms. The molecule has 0 radical (unpaired) electrons. The Labute approximate surface area is 98.6 Å². The topological polar surface area (TPSA) is 16.4 Å². The zero-order valence-corrected chi connectivity index (χ0v) is 10.5. The lowest BCUT2D eigenvalue weighted by molar-refractivity contribution is 0.203. The summed E-state index contributed by atoms with van der Waals surface area (Å²) in [6, 6.07) is 4.30. The molecule has 2 heterocycles. The van der Waals surface area contributed by atoms with Crippen molar-refractivity contribution in [3.63, 3.8) is 0 Å². The molecule has 0 amide bonds. The fourth-order valence-corrected chi connectivity index (χ4v) is 2.28. The zero-order valence-electron chi connectivity index (χ0n) is 10.5.